The van der Waals surface area contributed by atoms with Crippen molar-refractivity contribution in [1.82, 2.24) is 52.2 Å². The summed E-state index contributed by atoms with van der Waals surface area (Å²) in [4.78, 5) is 176. The van der Waals surface area contributed by atoms with Crippen LogP contribution < -0.4 is 48.8 Å². The molecule has 2 aromatic heterocycles. The molecule has 9 N–H and O–H groups in total. The Hall–Kier alpha value is -7.70. The first kappa shape index (κ1) is 87.5. The maximum atomic E-state index is 14.0. The van der Waals surface area contributed by atoms with Crippen molar-refractivity contribution in [3.63, 3.8) is 0 Å². The van der Waals surface area contributed by atoms with Crippen LogP contribution in [0.1, 0.15) is 138 Å². The highest BCUT2D eigenvalue weighted by Crippen LogP contribution is 2.30. The van der Waals surface area contributed by atoms with E-state index in [0.717, 1.165) is 77.9 Å². The van der Waals surface area contributed by atoms with Crippen LogP contribution in [0.25, 0.3) is 0 Å². The lowest BCUT2D eigenvalue weighted by atomic mass is 10.0. The van der Waals surface area contributed by atoms with Crippen LogP contribution in [-0.4, -0.2) is 272 Å². The lowest BCUT2D eigenvalue weighted by Gasteiger charge is -2.27. The van der Waals surface area contributed by atoms with E-state index in [4.69, 9.17) is 33.6 Å². The molecule has 1 fully saturated rings. The Morgan fingerprint density at radius 3 is 1.77 bits per heavy atom. The average molecular weight is 1470 g/mol. The third-order valence-corrected chi connectivity index (χ3v) is 17.7. The molecular weight excluding hydrogens is 1360 g/mol. The molecule has 11 amide bonds. The van der Waals surface area contributed by atoms with Crippen molar-refractivity contribution in [3.8, 4) is 0 Å². The first-order chi connectivity index (χ1) is 47.6. The molecule has 2 aromatic rings. The van der Waals surface area contributed by atoms with Crippen LogP contribution in [-0.2, 0) is 73.6 Å². The number of hydroxylamine groups is 2. The Bertz CT molecular complexity index is 3040. The van der Waals surface area contributed by atoms with Crippen LogP contribution in [0.2, 0.25) is 0 Å². The second kappa shape index (κ2) is 46.0. The second-order valence-corrected chi connectivity index (χ2v) is 30.1. The Labute approximate surface area is 599 Å². The Balaban J connectivity index is 1.36. The van der Waals surface area contributed by atoms with Gasteiger partial charge in [0.25, 0.3) is 17.7 Å². The van der Waals surface area contributed by atoms with Crippen LogP contribution >= 0.6 is 21.6 Å². The van der Waals surface area contributed by atoms with E-state index in [2.05, 4.69) is 106 Å². The number of carbonyl (C=O) groups is 12. The van der Waals surface area contributed by atoms with Crippen molar-refractivity contribution in [1.29, 1.82) is 0 Å². The fraction of sp³-hybridized carbons (Fsp3) is 0.697. The molecule has 0 unspecified atom stereocenters. The summed E-state index contributed by atoms with van der Waals surface area (Å²) >= 11 is 0. The molecular formula is C66H111N14O19S2+3. The molecule has 0 aromatic carbocycles. The zero-order chi connectivity index (χ0) is 75.1. The number of ether oxygens (including phenoxy) is 3. The van der Waals surface area contributed by atoms with Crippen LogP contribution in [0.5, 0.6) is 0 Å². The molecule has 1 aliphatic rings. The second-order valence-electron chi connectivity index (χ2n) is 27.7. The Morgan fingerprint density at radius 1 is 0.624 bits per heavy atom. The van der Waals surface area contributed by atoms with Crippen LogP contribution in [0.15, 0.2) is 37.0 Å². The SMILES string of the molecule is CC(=O)N[C@@H](CC(=O)ON1C(=O)CCC1=O)C(=O)NCCN(CCCCCCSSc1ccc(C(=O)NCCC(=O)NCCOCCOCC(=O)N[C@@H](CCCC[N+](C)(C)C)C(=O)N[C@@H](CCCC[N+](C)(C)C)C(=O)N[C@@H](CCCC[N+](C)(C)C)C(N)=O)cn1)C(=O)OCc1oc(=O)oc1C. The maximum Gasteiger partial charge on any atom is 0.519 e. The fourth-order valence-corrected chi connectivity index (χ4v) is 11.9. The van der Waals surface area contributed by atoms with E-state index >= 15 is 0 Å². The molecule has 4 atom stereocenters. The van der Waals surface area contributed by atoms with Gasteiger partial charge in [-0.15, -0.1) is 5.06 Å². The fourth-order valence-electron chi connectivity index (χ4n) is 9.89. The van der Waals surface area contributed by atoms with E-state index in [1.165, 1.54) is 28.8 Å². The third-order valence-electron chi connectivity index (χ3n) is 15.4. The molecule has 1 saturated heterocycles. The van der Waals surface area contributed by atoms with Gasteiger partial charge in [0.05, 0.1) is 115 Å². The summed E-state index contributed by atoms with van der Waals surface area (Å²) in [7, 11) is 21.7. The van der Waals surface area contributed by atoms with E-state index in [1.807, 2.05) is 0 Å². The number of imide groups is 1. The number of amides is 11. The number of pyridine rings is 1. The highest BCUT2D eigenvalue weighted by molar-refractivity contribution is 8.76. The number of primary amides is 1. The van der Waals surface area contributed by atoms with Crippen molar-refractivity contribution in [3.05, 3.63) is 46.0 Å². The predicted molar refractivity (Wildman–Crippen MR) is 374 cm³/mol. The number of quaternary nitrogens is 3. The lowest BCUT2D eigenvalue weighted by Crippen LogP contribution is -2.56. The quantitative estimate of drug-likeness (QED) is 0.0200. The monoisotopic (exact) mass is 1470 g/mol. The number of nitrogens with two attached hydrogens (primary N) is 1. The van der Waals surface area contributed by atoms with Crippen molar-refractivity contribution in [2.75, 3.05) is 148 Å². The van der Waals surface area contributed by atoms with Gasteiger partial charge in [0, 0.05) is 70.9 Å². The molecule has 0 bridgehead atoms. The minimum atomic E-state index is -1.43. The van der Waals surface area contributed by atoms with E-state index in [-0.39, 0.29) is 95.8 Å². The molecule has 3 rings (SSSR count). The van der Waals surface area contributed by atoms with Gasteiger partial charge in [0.2, 0.25) is 41.4 Å². The normalized spacial score (nSPS) is 13.7. The molecule has 568 valence electrons. The molecule has 0 aliphatic carbocycles. The van der Waals surface area contributed by atoms with Gasteiger partial charge in [0.15, 0.2) is 18.1 Å². The van der Waals surface area contributed by atoms with Crippen LogP contribution in [0.3, 0.4) is 0 Å². The van der Waals surface area contributed by atoms with Gasteiger partial charge in [-0.05, 0) is 100 Å². The van der Waals surface area contributed by atoms with Crippen molar-refractivity contribution < 1.29 is 98.9 Å². The highest BCUT2D eigenvalue weighted by Gasteiger charge is 2.35. The summed E-state index contributed by atoms with van der Waals surface area (Å²) in [6.07, 6.45) is 7.93. The lowest BCUT2D eigenvalue weighted by molar-refractivity contribution is -0.870. The summed E-state index contributed by atoms with van der Waals surface area (Å²) in [5.74, 6) is -6.94. The maximum absolute atomic E-state index is 14.0. The summed E-state index contributed by atoms with van der Waals surface area (Å²) in [5, 5.41) is 19.9. The zero-order valence-electron chi connectivity index (χ0n) is 60.8. The molecule has 35 heteroatoms. The van der Waals surface area contributed by atoms with Gasteiger partial charge in [-0.3, -0.25) is 47.9 Å². The molecule has 1 aliphatic heterocycles. The van der Waals surface area contributed by atoms with Crippen LogP contribution in [0, 0.1) is 6.92 Å². The summed E-state index contributed by atoms with van der Waals surface area (Å²) in [5.41, 5.74) is 6.06. The van der Waals surface area contributed by atoms with Crippen LogP contribution in [0.4, 0.5) is 4.79 Å². The number of aryl methyl sites for hydroxylation is 1. The number of nitrogens with zero attached hydrogens (tertiary/aromatic N) is 6. The number of nitrogens with one attached hydrogen (secondary N) is 7. The summed E-state index contributed by atoms with van der Waals surface area (Å²) in [6, 6.07) is -0.915. The smallest absolute Gasteiger partial charge is 0.441 e. The Morgan fingerprint density at radius 2 is 1.21 bits per heavy atom. The molecule has 0 spiro atoms. The first-order valence-electron chi connectivity index (χ1n) is 34.3. The van der Waals surface area contributed by atoms with E-state index in [9.17, 15) is 62.3 Å². The minimum absolute atomic E-state index is 0.0104. The van der Waals surface area contributed by atoms with E-state index < -0.39 is 108 Å². The van der Waals surface area contributed by atoms with Crippen molar-refractivity contribution in [2.24, 2.45) is 5.73 Å². The Kier molecular flexibility index (Phi) is 39.9. The third kappa shape index (κ3) is 39.3. The molecule has 101 heavy (non-hydrogen) atoms. The topological polar surface area (TPSA) is 415 Å². The predicted octanol–water partition coefficient (Wildman–Crippen LogP) is 1.33. The standard InChI is InChI=1S/C66H108N14O19S2/c1-46-53(98-66(93)97-46)44-96-65(92)76(34-31-70-62(89)52(72-47(2)81)42-59(86)99-77-57(84)27-28-58(77)85)33-17-12-13-21-41-100-101-56-26-25-48(43-71-56)61(88)69-30-29-54(82)68-32-38-94-39-40-95-45-55(83)73-50(23-15-19-36-79(6,7)8)63(90)75-51(24-16-20-37-80(9,10)11)64(91)74-49(60(67)87)22-14-18-35-78(3,4)5/h25-26,43,49-52H,12-24,27-42,44-45H2,1-11H3,(H6-3,67,68,69,70,72,73,74,75,81,82,83,87,88,89,90,91)/p+3/t49-,50-,51-,52-/m0/s1. The first-order valence-corrected chi connectivity index (χ1v) is 36.6. The minimum Gasteiger partial charge on any atom is -0.441 e. The number of rotatable bonds is 52. The van der Waals surface area contributed by atoms with E-state index in [0.29, 0.717) is 67.0 Å². The average Bonchev–Trinajstić information content (AvgIpc) is 1.80. The van der Waals surface area contributed by atoms with Gasteiger partial charge < -0.3 is 89.2 Å². The summed E-state index contributed by atoms with van der Waals surface area (Å²) < 4.78 is 28.5. The zero-order valence-corrected chi connectivity index (χ0v) is 62.4. The molecule has 0 radical (unpaired) electrons. The number of carbonyl (C=O) groups excluding carboxylic acids is 12. The number of aromatic nitrogens is 1. The van der Waals surface area contributed by atoms with E-state index in [1.54, 1.807) is 22.9 Å². The van der Waals surface area contributed by atoms with Gasteiger partial charge in [0.1, 0.15) is 35.8 Å². The number of unbranched alkanes of at least 4 members (excludes halogenated alkanes) is 6. The van der Waals surface area contributed by atoms with Crippen molar-refractivity contribution >= 4 is 92.7 Å². The summed E-state index contributed by atoms with van der Waals surface area (Å²) in [6.45, 7) is 5.00. The highest BCUT2D eigenvalue weighted by atomic mass is 33.1. The number of hydrogen-bond donors (Lipinski definition) is 8. The van der Waals surface area contributed by atoms with Gasteiger partial charge >= 0.3 is 17.9 Å². The van der Waals surface area contributed by atoms with Gasteiger partial charge in [-0.25, -0.2) is 19.4 Å². The number of hydrogen-bond acceptors (Lipinski definition) is 22. The molecule has 0 saturated carbocycles. The molecule has 33 nitrogen and oxygen atoms in total. The van der Waals surface area contributed by atoms with Gasteiger partial charge in [-0.2, -0.15) is 0 Å². The van der Waals surface area contributed by atoms with Crippen molar-refractivity contribution in [2.45, 2.75) is 159 Å². The van der Waals surface area contributed by atoms with Gasteiger partial charge in [-0.1, -0.05) is 23.6 Å². The molecule has 3 heterocycles. The largest absolute Gasteiger partial charge is 0.519 e.